The number of halogens is 4. The van der Waals surface area contributed by atoms with Gasteiger partial charge in [0.25, 0.3) is 0 Å². The molecular weight excluding hydrogens is 583 g/mol. The summed E-state index contributed by atoms with van der Waals surface area (Å²) in [6, 6.07) is 15.9. The van der Waals surface area contributed by atoms with Crippen molar-refractivity contribution in [2.45, 2.75) is 43.4 Å². The number of likely N-dealkylation sites (N-methyl/N-ethyl adjacent to an activating group) is 1. The molecule has 9 heteroatoms. The van der Waals surface area contributed by atoms with Crippen molar-refractivity contribution in [3.63, 3.8) is 0 Å². The van der Waals surface area contributed by atoms with Crippen molar-refractivity contribution in [1.82, 2.24) is 4.90 Å². The zero-order valence-electron chi connectivity index (χ0n) is 24.4. The summed E-state index contributed by atoms with van der Waals surface area (Å²) in [7, 11) is 7.93. The number of benzene rings is 3. The van der Waals surface area contributed by atoms with E-state index in [1.165, 1.54) is 12.1 Å². The molecule has 0 saturated heterocycles. The molecule has 1 heterocycles. The van der Waals surface area contributed by atoms with E-state index in [9.17, 15) is 4.39 Å². The van der Waals surface area contributed by atoms with Crippen molar-refractivity contribution in [2.24, 2.45) is 5.73 Å². The summed E-state index contributed by atoms with van der Waals surface area (Å²) in [6.45, 7) is 4.87. The molecule has 3 aromatic carbocycles. The molecule has 0 bridgehead atoms. The smallest absolute Gasteiger partial charge is 0.217 e. The van der Waals surface area contributed by atoms with Crippen molar-refractivity contribution in [2.75, 3.05) is 34.8 Å². The lowest BCUT2D eigenvalue weighted by Gasteiger charge is -2.36. The molecule has 4 nitrogen and oxygen atoms in total. The Morgan fingerprint density at radius 1 is 1.02 bits per heavy atom. The van der Waals surface area contributed by atoms with Crippen LogP contribution >= 0.6 is 35.0 Å². The van der Waals surface area contributed by atoms with Crippen molar-refractivity contribution < 1.29 is 18.0 Å². The normalized spacial score (nSPS) is 17.0. The Balaban J connectivity index is 1.76. The highest BCUT2D eigenvalue weighted by Crippen LogP contribution is 2.51. The van der Waals surface area contributed by atoms with Crippen LogP contribution in [-0.2, 0) is 17.6 Å². The first-order valence-electron chi connectivity index (χ1n) is 13.5. The summed E-state index contributed by atoms with van der Waals surface area (Å²) < 4.78 is 35.3. The fourth-order valence-electron chi connectivity index (χ4n) is 5.79. The van der Waals surface area contributed by atoms with Crippen molar-refractivity contribution in [3.8, 4) is 5.75 Å². The molecule has 1 atom stereocenters. The number of methoxy groups -OCH3 is 1. The third-order valence-electron chi connectivity index (χ3n) is 7.87. The SMILES string of the molecule is COc1cc(C(C)(C)C2=C(c3ccc(F)cc3)[N+](C)(C)C(SCc3c(F)cc(CCCN)cc3Cl)N2C)ccc1Cl. The maximum atomic E-state index is 15.3. The first-order valence-corrected chi connectivity index (χ1v) is 15.3. The van der Waals surface area contributed by atoms with Gasteiger partial charge in [-0.25, -0.2) is 8.78 Å². The second-order valence-electron chi connectivity index (χ2n) is 11.4. The van der Waals surface area contributed by atoms with Crippen LogP contribution in [0, 0.1) is 11.6 Å². The van der Waals surface area contributed by atoms with Gasteiger partial charge >= 0.3 is 0 Å². The predicted molar refractivity (Wildman–Crippen MR) is 168 cm³/mol. The number of ether oxygens (including phenoxy) is 1. The lowest BCUT2D eigenvalue weighted by molar-refractivity contribution is -0.832. The predicted octanol–water partition coefficient (Wildman–Crippen LogP) is 8.06. The summed E-state index contributed by atoms with van der Waals surface area (Å²) >= 11 is 14.6. The number of nitrogens with zero attached hydrogens (tertiary/aromatic N) is 2. The maximum absolute atomic E-state index is 15.3. The molecule has 3 aromatic rings. The quantitative estimate of drug-likeness (QED) is 0.233. The fourth-order valence-corrected chi connectivity index (χ4v) is 7.78. The lowest BCUT2D eigenvalue weighted by atomic mass is 9.79. The van der Waals surface area contributed by atoms with Gasteiger partial charge in [0.2, 0.25) is 5.50 Å². The minimum absolute atomic E-state index is 0.120. The van der Waals surface area contributed by atoms with Gasteiger partial charge in [-0.3, -0.25) is 4.48 Å². The molecular formula is C32H38Cl2F2N3OS+. The molecule has 0 fully saturated rings. The van der Waals surface area contributed by atoms with Gasteiger partial charge in [0.05, 0.1) is 31.9 Å². The van der Waals surface area contributed by atoms with E-state index in [2.05, 4.69) is 39.9 Å². The minimum atomic E-state index is -0.491. The Bertz CT molecular complexity index is 1420. The second-order valence-corrected chi connectivity index (χ2v) is 13.3. The van der Waals surface area contributed by atoms with Gasteiger partial charge in [0.1, 0.15) is 17.4 Å². The number of quaternary nitrogens is 1. The summed E-state index contributed by atoms with van der Waals surface area (Å²) in [5, 5.41) is 0.966. The third kappa shape index (κ3) is 6.25. The monoisotopic (exact) mass is 620 g/mol. The molecule has 0 spiro atoms. The van der Waals surface area contributed by atoms with Crippen LogP contribution in [0.3, 0.4) is 0 Å². The van der Waals surface area contributed by atoms with Crippen molar-refractivity contribution >= 4 is 40.7 Å². The largest absolute Gasteiger partial charge is 0.495 e. The van der Waals surface area contributed by atoms with Crippen LogP contribution in [0.15, 0.2) is 60.3 Å². The van der Waals surface area contributed by atoms with Crippen LogP contribution < -0.4 is 10.5 Å². The zero-order chi connectivity index (χ0) is 30.1. The van der Waals surface area contributed by atoms with E-state index >= 15 is 4.39 Å². The van der Waals surface area contributed by atoms with Crippen LogP contribution in [0.2, 0.25) is 10.0 Å². The summed E-state index contributed by atoms with van der Waals surface area (Å²) in [5.74, 6) is 0.391. The van der Waals surface area contributed by atoms with E-state index in [1.54, 1.807) is 24.9 Å². The molecule has 41 heavy (non-hydrogen) atoms. The molecule has 4 rings (SSSR count). The molecule has 1 aliphatic heterocycles. The number of rotatable bonds is 10. The highest BCUT2D eigenvalue weighted by atomic mass is 35.5. The highest BCUT2D eigenvalue weighted by Gasteiger charge is 2.52. The number of allylic oxidation sites excluding steroid dienone is 1. The molecule has 0 aliphatic carbocycles. The number of hydrogen-bond acceptors (Lipinski definition) is 4. The topological polar surface area (TPSA) is 38.5 Å². The van der Waals surface area contributed by atoms with Gasteiger partial charge < -0.3 is 15.4 Å². The van der Waals surface area contributed by atoms with E-state index in [-0.39, 0.29) is 17.1 Å². The molecule has 1 unspecified atom stereocenters. The summed E-state index contributed by atoms with van der Waals surface area (Å²) in [4.78, 5) is 2.26. The first-order chi connectivity index (χ1) is 19.3. The Morgan fingerprint density at radius 3 is 2.32 bits per heavy atom. The number of hydrogen-bond donors (Lipinski definition) is 1. The average Bonchev–Trinajstić information content (AvgIpc) is 3.12. The van der Waals surface area contributed by atoms with E-state index in [1.807, 2.05) is 36.4 Å². The van der Waals surface area contributed by atoms with Gasteiger partial charge in [-0.1, -0.05) is 54.9 Å². The van der Waals surface area contributed by atoms with Gasteiger partial charge in [0.15, 0.2) is 5.70 Å². The Labute approximate surface area is 256 Å². The van der Waals surface area contributed by atoms with E-state index in [0.717, 1.165) is 34.5 Å². The van der Waals surface area contributed by atoms with Crippen LogP contribution in [-0.4, -0.2) is 49.7 Å². The summed E-state index contributed by atoms with van der Waals surface area (Å²) in [6.07, 6.45) is 1.47. The fraction of sp³-hybridized carbons (Fsp3) is 0.375. The Hall–Kier alpha value is -2.29. The molecule has 220 valence electrons. The van der Waals surface area contributed by atoms with Gasteiger partial charge in [-0.2, -0.15) is 0 Å². The van der Waals surface area contributed by atoms with Gasteiger partial charge in [-0.05, 0) is 79.0 Å². The highest BCUT2D eigenvalue weighted by molar-refractivity contribution is 7.98. The second kappa shape index (κ2) is 12.5. The summed E-state index contributed by atoms with van der Waals surface area (Å²) in [5.41, 5.74) is 10.4. The van der Waals surface area contributed by atoms with Crippen LogP contribution in [0.4, 0.5) is 8.78 Å². The molecule has 0 amide bonds. The zero-order valence-corrected chi connectivity index (χ0v) is 26.7. The van der Waals surface area contributed by atoms with Crippen LogP contribution in [0.25, 0.3) is 5.70 Å². The minimum Gasteiger partial charge on any atom is -0.495 e. The molecule has 0 saturated carbocycles. The Morgan fingerprint density at radius 2 is 1.71 bits per heavy atom. The number of aryl methyl sites for hydroxylation is 1. The molecule has 1 aliphatic rings. The molecule has 2 N–H and O–H groups in total. The Kier molecular flexibility index (Phi) is 9.66. The van der Waals surface area contributed by atoms with E-state index in [4.69, 9.17) is 33.7 Å². The van der Waals surface area contributed by atoms with E-state index < -0.39 is 5.41 Å². The molecule has 0 aromatic heterocycles. The number of thioether (sulfide) groups is 1. The standard InChI is InChI=1S/C32H38Cl2F2N3OS/c1-32(2,22-11-14-25(33)28(18-22)40-6)30-29(21-9-12-23(35)13-10-21)39(4,5)31(38(30)3)41-19-24-26(34)16-20(8-7-15-37)17-27(24)36/h9-14,16-18,31H,7-8,15,19,37H2,1-6H3/q+1. The van der Waals surface area contributed by atoms with Crippen molar-refractivity contribution in [1.29, 1.82) is 0 Å². The van der Waals surface area contributed by atoms with Gasteiger partial charge in [-0.15, -0.1) is 0 Å². The van der Waals surface area contributed by atoms with Crippen molar-refractivity contribution in [3.05, 3.63) is 104 Å². The first kappa shape index (κ1) is 31.6. The number of nitrogens with two attached hydrogens (primary N) is 1. The molecule has 0 radical (unpaired) electrons. The lowest BCUT2D eigenvalue weighted by Crippen LogP contribution is -2.47. The van der Waals surface area contributed by atoms with Gasteiger partial charge in [0, 0.05) is 34.4 Å². The average molecular weight is 622 g/mol. The van der Waals surface area contributed by atoms with Crippen LogP contribution in [0.5, 0.6) is 5.75 Å². The maximum Gasteiger partial charge on any atom is 0.217 e. The van der Waals surface area contributed by atoms with Crippen LogP contribution in [0.1, 0.15) is 42.5 Å². The third-order valence-corrected chi connectivity index (χ3v) is 10.1. The van der Waals surface area contributed by atoms with E-state index in [0.29, 0.717) is 44.6 Å².